The Kier molecular flexibility index (Phi) is 6.63. The Balaban J connectivity index is 1.66. The fourth-order valence-corrected chi connectivity index (χ4v) is 3.42. The SMILES string of the molecule is CCN1CCN(C(=S)c2ccc(OCc3ccc(F)cc3)c(OC)c2)CC1. The summed E-state index contributed by atoms with van der Waals surface area (Å²) in [6.45, 7) is 7.56. The van der Waals surface area contributed by atoms with Crippen molar-refractivity contribution < 1.29 is 13.9 Å². The number of nitrogens with zero attached hydrogens (tertiary/aromatic N) is 2. The molecule has 2 aromatic rings. The van der Waals surface area contributed by atoms with Gasteiger partial charge in [-0.3, -0.25) is 0 Å². The summed E-state index contributed by atoms with van der Waals surface area (Å²) in [7, 11) is 1.62. The molecule has 0 bridgehead atoms. The van der Waals surface area contributed by atoms with Gasteiger partial charge in [-0.15, -0.1) is 0 Å². The predicted octanol–water partition coefficient (Wildman–Crippen LogP) is 3.73. The van der Waals surface area contributed by atoms with Gasteiger partial charge in [-0.05, 0) is 42.4 Å². The third kappa shape index (κ3) is 4.96. The molecule has 144 valence electrons. The normalized spacial score (nSPS) is 14.9. The average molecular weight is 389 g/mol. The van der Waals surface area contributed by atoms with Crippen LogP contribution in [0.4, 0.5) is 4.39 Å². The fraction of sp³-hybridized carbons (Fsp3) is 0.381. The molecule has 6 heteroatoms. The molecule has 27 heavy (non-hydrogen) atoms. The van der Waals surface area contributed by atoms with Crippen molar-refractivity contribution in [3.8, 4) is 11.5 Å². The number of benzene rings is 2. The van der Waals surface area contributed by atoms with E-state index in [1.807, 2.05) is 18.2 Å². The Morgan fingerprint density at radius 3 is 2.37 bits per heavy atom. The van der Waals surface area contributed by atoms with E-state index in [0.29, 0.717) is 18.1 Å². The van der Waals surface area contributed by atoms with Gasteiger partial charge in [0.1, 0.15) is 17.4 Å². The molecular formula is C21H25FN2O2S. The van der Waals surface area contributed by atoms with Gasteiger partial charge >= 0.3 is 0 Å². The summed E-state index contributed by atoms with van der Waals surface area (Å²) >= 11 is 5.70. The van der Waals surface area contributed by atoms with E-state index in [-0.39, 0.29) is 5.82 Å². The minimum absolute atomic E-state index is 0.256. The van der Waals surface area contributed by atoms with E-state index in [1.54, 1.807) is 19.2 Å². The monoisotopic (exact) mass is 388 g/mol. The molecule has 1 aliphatic rings. The molecule has 0 N–H and O–H groups in total. The zero-order chi connectivity index (χ0) is 19.2. The van der Waals surface area contributed by atoms with Crippen LogP contribution >= 0.6 is 12.2 Å². The van der Waals surface area contributed by atoms with Crippen LogP contribution in [0.15, 0.2) is 42.5 Å². The molecule has 0 aliphatic carbocycles. The van der Waals surface area contributed by atoms with Gasteiger partial charge in [0.05, 0.1) is 7.11 Å². The molecule has 1 fully saturated rings. The summed E-state index contributed by atoms with van der Waals surface area (Å²) in [5, 5.41) is 0. The minimum Gasteiger partial charge on any atom is -0.493 e. The molecule has 4 nitrogen and oxygen atoms in total. The number of piperazine rings is 1. The van der Waals surface area contributed by atoms with E-state index in [1.165, 1.54) is 12.1 Å². The maximum atomic E-state index is 13.0. The van der Waals surface area contributed by atoms with Crippen molar-refractivity contribution in [2.45, 2.75) is 13.5 Å². The van der Waals surface area contributed by atoms with E-state index < -0.39 is 0 Å². The minimum atomic E-state index is -0.256. The lowest BCUT2D eigenvalue weighted by Crippen LogP contribution is -2.48. The fourth-order valence-electron chi connectivity index (χ4n) is 3.11. The first-order valence-electron chi connectivity index (χ1n) is 9.17. The summed E-state index contributed by atoms with van der Waals surface area (Å²) in [4.78, 5) is 5.51. The molecule has 0 saturated carbocycles. The average Bonchev–Trinajstić information content (AvgIpc) is 2.72. The highest BCUT2D eigenvalue weighted by Gasteiger charge is 2.19. The lowest BCUT2D eigenvalue weighted by Gasteiger charge is -2.35. The van der Waals surface area contributed by atoms with Gasteiger partial charge in [0.15, 0.2) is 11.5 Å². The van der Waals surface area contributed by atoms with Crippen molar-refractivity contribution >= 4 is 17.2 Å². The Hall–Kier alpha value is -2.18. The Labute approximate surface area is 165 Å². The molecule has 0 spiro atoms. The first kappa shape index (κ1) is 19.6. The highest BCUT2D eigenvalue weighted by molar-refractivity contribution is 7.80. The lowest BCUT2D eigenvalue weighted by atomic mass is 10.1. The molecule has 0 radical (unpaired) electrons. The smallest absolute Gasteiger partial charge is 0.161 e. The quantitative estimate of drug-likeness (QED) is 0.703. The van der Waals surface area contributed by atoms with Gasteiger partial charge in [-0.1, -0.05) is 31.3 Å². The van der Waals surface area contributed by atoms with Crippen LogP contribution in [0.3, 0.4) is 0 Å². The largest absolute Gasteiger partial charge is 0.493 e. The summed E-state index contributed by atoms with van der Waals surface area (Å²) in [6, 6.07) is 12.0. The molecule has 2 aromatic carbocycles. The topological polar surface area (TPSA) is 24.9 Å². The number of hydrogen-bond donors (Lipinski definition) is 0. The molecule has 0 amide bonds. The molecule has 0 aromatic heterocycles. The number of rotatable bonds is 6. The lowest BCUT2D eigenvalue weighted by molar-refractivity contribution is 0.192. The van der Waals surface area contributed by atoms with E-state index in [4.69, 9.17) is 21.7 Å². The van der Waals surface area contributed by atoms with Gasteiger partial charge in [-0.25, -0.2) is 4.39 Å². The molecule has 0 atom stereocenters. The third-order valence-corrected chi connectivity index (χ3v) is 5.32. The number of ether oxygens (including phenoxy) is 2. The first-order chi connectivity index (χ1) is 13.1. The number of thiocarbonyl (C=S) groups is 1. The molecule has 1 aliphatic heterocycles. The van der Waals surface area contributed by atoms with Crippen LogP contribution in [-0.4, -0.2) is 54.6 Å². The van der Waals surface area contributed by atoms with E-state index in [9.17, 15) is 4.39 Å². The third-order valence-electron chi connectivity index (χ3n) is 4.82. The molecular weight excluding hydrogens is 363 g/mol. The van der Waals surface area contributed by atoms with Crippen LogP contribution in [0.5, 0.6) is 11.5 Å². The summed E-state index contributed by atoms with van der Waals surface area (Å²) in [5.74, 6) is 1.03. The van der Waals surface area contributed by atoms with Gasteiger partial charge in [0.2, 0.25) is 0 Å². The molecule has 1 heterocycles. The number of halogens is 1. The highest BCUT2D eigenvalue weighted by Crippen LogP contribution is 2.29. The molecule has 0 unspecified atom stereocenters. The number of methoxy groups -OCH3 is 1. The molecule has 1 saturated heterocycles. The maximum absolute atomic E-state index is 13.0. The summed E-state index contributed by atoms with van der Waals surface area (Å²) in [5.41, 5.74) is 1.85. The van der Waals surface area contributed by atoms with Gasteiger partial charge in [-0.2, -0.15) is 0 Å². The van der Waals surface area contributed by atoms with Gasteiger partial charge < -0.3 is 19.3 Å². The van der Waals surface area contributed by atoms with Crippen LogP contribution in [0.25, 0.3) is 0 Å². The van der Waals surface area contributed by atoms with Gasteiger partial charge in [0.25, 0.3) is 0 Å². The van der Waals surface area contributed by atoms with E-state index >= 15 is 0 Å². The van der Waals surface area contributed by atoms with Crippen molar-refractivity contribution in [1.82, 2.24) is 9.80 Å². The van der Waals surface area contributed by atoms with E-state index in [2.05, 4.69) is 16.7 Å². The van der Waals surface area contributed by atoms with E-state index in [0.717, 1.165) is 48.8 Å². The Morgan fingerprint density at radius 2 is 1.74 bits per heavy atom. The Bertz CT molecular complexity index is 774. The second-order valence-corrected chi connectivity index (χ2v) is 6.89. The predicted molar refractivity (Wildman–Crippen MR) is 109 cm³/mol. The van der Waals surface area contributed by atoms with Crippen molar-refractivity contribution in [2.75, 3.05) is 39.8 Å². The van der Waals surface area contributed by atoms with Crippen LogP contribution < -0.4 is 9.47 Å². The van der Waals surface area contributed by atoms with Gasteiger partial charge in [0, 0.05) is 31.7 Å². The van der Waals surface area contributed by atoms with Crippen LogP contribution in [0, 0.1) is 5.82 Å². The first-order valence-corrected chi connectivity index (χ1v) is 9.58. The second kappa shape index (κ2) is 9.15. The highest BCUT2D eigenvalue weighted by atomic mass is 32.1. The second-order valence-electron chi connectivity index (χ2n) is 6.51. The standard InChI is InChI=1S/C21H25FN2O2S/c1-3-23-10-12-24(13-11-23)21(27)17-6-9-19(20(14-17)25-2)26-15-16-4-7-18(22)8-5-16/h4-9,14H,3,10-13,15H2,1-2H3. The summed E-state index contributed by atoms with van der Waals surface area (Å²) < 4.78 is 24.4. The maximum Gasteiger partial charge on any atom is 0.161 e. The number of likely N-dealkylation sites (N-methyl/N-ethyl adjacent to an activating group) is 1. The molecule has 3 rings (SSSR count). The van der Waals surface area contributed by atoms with Crippen molar-refractivity contribution in [3.63, 3.8) is 0 Å². The zero-order valence-electron chi connectivity index (χ0n) is 15.8. The Morgan fingerprint density at radius 1 is 1.04 bits per heavy atom. The van der Waals surface area contributed by atoms with Crippen molar-refractivity contribution in [3.05, 3.63) is 59.4 Å². The van der Waals surface area contributed by atoms with Crippen LogP contribution in [-0.2, 0) is 6.61 Å². The van der Waals surface area contributed by atoms with Crippen molar-refractivity contribution in [1.29, 1.82) is 0 Å². The van der Waals surface area contributed by atoms with Crippen LogP contribution in [0.2, 0.25) is 0 Å². The zero-order valence-corrected chi connectivity index (χ0v) is 16.6. The van der Waals surface area contributed by atoms with Crippen molar-refractivity contribution in [2.24, 2.45) is 0 Å². The van der Waals surface area contributed by atoms with Crippen LogP contribution in [0.1, 0.15) is 18.1 Å². The number of hydrogen-bond acceptors (Lipinski definition) is 4. The summed E-state index contributed by atoms with van der Waals surface area (Å²) in [6.07, 6.45) is 0.